The van der Waals surface area contributed by atoms with Gasteiger partial charge in [0.05, 0.1) is 21.1 Å². The fraction of sp³-hybridized carbons (Fsp3) is 0.550. The molecule has 1 fully saturated rings. The highest BCUT2D eigenvalue weighted by molar-refractivity contribution is 7.18. The minimum atomic E-state index is -0.335. The zero-order valence-corrected chi connectivity index (χ0v) is 16.4. The normalized spacial score (nSPS) is 20.7. The molecule has 5 nitrogen and oxygen atoms in total. The highest BCUT2D eigenvalue weighted by Gasteiger charge is 2.35. The number of fused-ring (bicyclic) bond motifs is 1. The summed E-state index contributed by atoms with van der Waals surface area (Å²) in [5, 5.41) is 3.82. The number of thiazole rings is 1. The van der Waals surface area contributed by atoms with Gasteiger partial charge in [-0.1, -0.05) is 25.0 Å². The molecule has 1 aromatic heterocycles. The number of hydrogen-bond acceptors (Lipinski definition) is 5. The number of para-hydroxylation sites is 1. The second kappa shape index (κ2) is 7.74. The Hall–Kier alpha value is -1.95. The molecule has 0 aliphatic heterocycles. The van der Waals surface area contributed by atoms with E-state index < -0.39 is 0 Å². The fourth-order valence-corrected chi connectivity index (χ4v) is 4.62. The molecule has 1 aromatic carbocycles. The lowest BCUT2D eigenvalue weighted by atomic mass is 9.79. The first-order valence-corrected chi connectivity index (χ1v) is 9.98. The van der Waals surface area contributed by atoms with Crippen molar-refractivity contribution in [1.29, 1.82) is 0 Å². The lowest BCUT2D eigenvalue weighted by molar-refractivity contribution is -0.154. The van der Waals surface area contributed by atoms with Gasteiger partial charge in [0.25, 0.3) is 5.91 Å². The standard InChI is InChI=1S/C20H26N2O3S/c1-20(2,3)22-17(23)12-25-19(24)14-9-5-4-8-13(14)18-21-15-10-6-7-11-16(15)26-18/h6-7,10-11,13-14H,4-5,8-9,12H2,1-3H3,(H,22,23)/t13-,14+/m0/s1. The Morgan fingerprint density at radius 3 is 2.69 bits per heavy atom. The average molecular weight is 375 g/mol. The zero-order chi connectivity index (χ0) is 18.7. The molecule has 2 atom stereocenters. The number of rotatable bonds is 4. The third-order valence-electron chi connectivity index (χ3n) is 4.56. The minimum Gasteiger partial charge on any atom is -0.455 e. The third-order valence-corrected chi connectivity index (χ3v) is 5.72. The molecule has 140 valence electrons. The largest absolute Gasteiger partial charge is 0.455 e. The van der Waals surface area contributed by atoms with Crippen LogP contribution in [0.2, 0.25) is 0 Å². The smallest absolute Gasteiger partial charge is 0.310 e. The van der Waals surface area contributed by atoms with Gasteiger partial charge in [-0.25, -0.2) is 4.98 Å². The van der Waals surface area contributed by atoms with E-state index in [-0.39, 0.29) is 35.9 Å². The molecular weight excluding hydrogens is 348 g/mol. The molecule has 6 heteroatoms. The fourth-order valence-electron chi connectivity index (χ4n) is 3.46. The second-order valence-corrected chi connectivity index (χ2v) is 8.99. The molecule has 0 unspecified atom stereocenters. The zero-order valence-electron chi connectivity index (χ0n) is 15.6. The van der Waals surface area contributed by atoms with Crippen molar-refractivity contribution in [2.75, 3.05) is 6.61 Å². The monoisotopic (exact) mass is 374 g/mol. The Labute approximate surface area is 158 Å². The second-order valence-electron chi connectivity index (χ2n) is 7.92. The van der Waals surface area contributed by atoms with E-state index >= 15 is 0 Å². The van der Waals surface area contributed by atoms with Crippen molar-refractivity contribution >= 4 is 33.4 Å². The van der Waals surface area contributed by atoms with Gasteiger partial charge in [-0.2, -0.15) is 0 Å². The lowest BCUT2D eigenvalue weighted by Crippen LogP contribution is -2.43. The van der Waals surface area contributed by atoms with Gasteiger partial charge in [0.15, 0.2) is 6.61 Å². The molecule has 0 spiro atoms. The summed E-state index contributed by atoms with van der Waals surface area (Å²) in [4.78, 5) is 29.3. The number of esters is 1. The Bertz CT molecular complexity index is 761. The molecule has 3 rings (SSSR count). The Balaban J connectivity index is 1.68. The molecule has 1 saturated carbocycles. The summed E-state index contributed by atoms with van der Waals surface area (Å²) >= 11 is 1.66. The summed E-state index contributed by atoms with van der Waals surface area (Å²) < 4.78 is 6.48. The number of nitrogens with zero attached hydrogens (tertiary/aromatic N) is 1. The van der Waals surface area contributed by atoms with Gasteiger partial charge in [-0.05, 0) is 45.7 Å². The van der Waals surface area contributed by atoms with E-state index in [2.05, 4.69) is 11.4 Å². The maximum atomic E-state index is 12.6. The minimum absolute atomic E-state index is 0.0827. The first-order valence-electron chi connectivity index (χ1n) is 9.16. The molecule has 0 saturated heterocycles. The molecule has 2 aromatic rings. The number of nitrogens with one attached hydrogen (secondary N) is 1. The number of benzene rings is 1. The quantitative estimate of drug-likeness (QED) is 0.821. The van der Waals surface area contributed by atoms with Crippen LogP contribution in [0.25, 0.3) is 10.2 Å². The lowest BCUT2D eigenvalue weighted by Gasteiger charge is -2.28. The molecule has 0 radical (unpaired) electrons. The van der Waals surface area contributed by atoms with Crippen LogP contribution in [-0.2, 0) is 14.3 Å². The summed E-state index contributed by atoms with van der Waals surface area (Å²) in [6.45, 7) is 5.48. The van der Waals surface area contributed by atoms with Crippen LogP contribution in [0.4, 0.5) is 0 Å². The van der Waals surface area contributed by atoms with Gasteiger partial charge in [0.2, 0.25) is 0 Å². The van der Waals surface area contributed by atoms with Crippen molar-refractivity contribution in [3.63, 3.8) is 0 Å². The summed E-state index contributed by atoms with van der Waals surface area (Å²) in [6.07, 6.45) is 3.83. The first kappa shape index (κ1) is 18.8. The topological polar surface area (TPSA) is 68.3 Å². The molecule has 1 aliphatic carbocycles. The van der Waals surface area contributed by atoms with E-state index in [9.17, 15) is 9.59 Å². The van der Waals surface area contributed by atoms with Gasteiger partial charge in [0.1, 0.15) is 0 Å². The van der Waals surface area contributed by atoms with Crippen LogP contribution in [0.1, 0.15) is 57.4 Å². The van der Waals surface area contributed by atoms with Gasteiger partial charge < -0.3 is 10.1 Å². The Kier molecular flexibility index (Phi) is 5.61. The van der Waals surface area contributed by atoms with E-state index in [0.29, 0.717) is 0 Å². The predicted octanol–water partition coefficient (Wildman–Crippen LogP) is 4.03. The van der Waals surface area contributed by atoms with E-state index in [1.54, 1.807) is 11.3 Å². The molecule has 26 heavy (non-hydrogen) atoms. The summed E-state index contributed by atoms with van der Waals surface area (Å²) in [7, 11) is 0. The molecule has 1 heterocycles. The first-order chi connectivity index (χ1) is 12.3. The van der Waals surface area contributed by atoms with Crippen LogP contribution in [-0.4, -0.2) is 29.0 Å². The van der Waals surface area contributed by atoms with Crippen LogP contribution in [0.5, 0.6) is 0 Å². The van der Waals surface area contributed by atoms with Crippen molar-refractivity contribution in [3.8, 4) is 0 Å². The van der Waals surface area contributed by atoms with Crippen LogP contribution in [0.15, 0.2) is 24.3 Å². The van der Waals surface area contributed by atoms with E-state index in [1.807, 2.05) is 39.0 Å². The summed E-state index contributed by atoms with van der Waals surface area (Å²) in [6, 6.07) is 8.04. The number of carbonyl (C=O) groups is 2. The van der Waals surface area contributed by atoms with Crippen molar-refractivity contribution in [1.82, 2.24) is 10.3 Å². The average Bonchev–Trinajstić information content (AvgIpc) is 3.02. The maximum Gasteiger partial charge on any atom is 0.310 e. The van der Waals surface area contributed by atoms with Crippen molar-refractivity contribution < 1.29 is 14.3 Å². The molecule has 0 bridgehead atoms. The van der Waals surface area contributed by atoms with Gasteiger partial charge in [-0.15, -0.1) is 11.3 Å². The molecular formula is C20H26N2O3S. The van der Waals surface area contributed by atoms with E-state index in [0.717, 1.165) is 40.9 Å². The SMILES string of the molecule is CC(C)(C)NC(=O)COC(=O)[C@@H]1CCCC[C@@H]1c1nc2ccccc2s1. The molecule has 1 N–H and O–H groups in total. The Morgan fingerprint density at radius 1 is 1.23 bits per heavy atom. The van der Waals surface area contributed by atoms with Crippen LogP contribution in [0.3, 0.4) is 0 Å². The Morgan fingerprint density at radius 2 is 1.96 bits per heavy atom. The predicted molar refractivity (Wildman–Crippen MR) is 103 cm³/mol. The van der Waals surface area contributed by atoms with Crippen LogP contribution >= 0.6 is 11.3 Å². The van der Waals surface area contributed by atoms with Crippen molar-refractivity contribution in [2.24, 2.45) is 5.92 Å². The third kappa shape index (κ3) is 4.61. The van der Waals surface area contributed by atoms with Gasteiger partial charge in [0, 0.05) is 11.5 Å². The summed E-state index contributed by atoms with van der Waals surface area (Å²) in [5.41, 5.74) is 0.646. The number of carbonyl (C=O) groups excluding carboxylic acids is 2. The van der Waals surface area contributed by atoms with Crippen molar-refractivity contribution in [3.05, 3.63) is 29.3 Å². The van der Waals surface area contributed by atoms with Gasteiger partial charge >= 0.3 is 5.97 Å². The molecule has 1 aliphatic rings. The van der Waals surface area contributed by atoms with Crippen LogP contribution in [0, 0.1) is 5.92 Å². The highest BCUT2D eigenvalue weighted by Crippen LogP contribution is 2.41. The van der Waals surface area contributed by atoms with Crippen LogP contribution < -0.4 is 5.32 Å². The van der Waals surface area contributed by atoms with Crippen molar-refractivity contribution in [2.45, 2.75) is 57.9 Å². The highest BCUT2D eigenvalue weighted by atomic mass is 32.1. The number of amides is 1. The number of ether oxygens (including phenoxy) is 1. The van der Waals surface area contributed by atoms with E-state index in [1.165, 1.54) is 0 Å². The maximum absolute atomic E-state index is 12.6. The van der Waals surface area contributed by atoms with Gasteiger partial charge in [-0.3, -0.25) is 9.59 Å². The van der Waals surface area contributed by atoms with E-state index in [4.69, 9.17) is 9.72 Å². The number of aromatic nitrogens is 1. The summed E-state index contributed by atoms with van der Waals surface area (Å²) in [5.74, 6) is -0.678. The molecule has 1 amide bonds. The number of hydrogen-bond donors (Lipinski definition) is 1.